The lowest BCUT2D eigenvalue weighted by molar-refractivity contribution is -0.137. The number of hydrogen-bond donors (Lipinski definition) is 0. The minimum absolute atomic E-state index is 0.182. The number of benzene rings is 2. The Kier molecular flexibility index (Phi) is 5.28. The van der Waals surface area contributed by atoms with Gasteiger partial charge in [-0.25, -0.2) is 9.18 Å². The van der Waals surface area contributed by atoms with E-state index in [2.05, 4.69) is 0 Å². The number of halogens is 2. The van der Waals surface area contributed by atoms with Gasteiger partial charge in [0, 0.05) is 30.3 Å². The summed E-state index contributed by atoms with van der Waals surface area (Å²) in [6.45, 7) is 2.07. The number of aromatic nitrogens is 1. The van der Waals surface area contributed by atoms with Gasteiger partial charge in [-0.2, -0.15) is 0 Å². The molecule has 4 nitrogen and oxygen atoms in total. The summed E-state index contributed by atoms with van der Waals surface area (Å²) in [6, 6.07) is 9.55. The zero-order valence-corrected chi connectivity index (χ0v) is 15.1. The monoisotopic (exact) mass is 373 g/mol. The third-order valence-corrected chi connectivity index (χ3v) is 4.10. The van der Waals surface area contributed by atoms with Crippen LogP contribution in [0.2, 0.25) is 5.02 Å². The zero-order valence-electron chi connectivity index (χ0n) is 14.3. The van der Waals surface area contributed by atoms with Gasteiger partial charge < -0.3 is 14.0 Å². The molecular formula is C20H17ClFNO3. The highest BCUT2D eigenvalue weighted by molar-refractivity contribution is 6.32. The van der Waals surface area contributed by atoms with Gasteiger partial charge in [-0.15, -0.1) is 0 Å². The van der Waals surface area contributed by atoms with Gasteiger partial charge in [-0.3, -0.25) is 0 Å². The van der Waals surface area contributed by atoms with Gasteiger partial charge in [0.1, 0.15) is 17.3 Å². The van der Waals surface area contributed by atoms with Crippen LogP contribution in [0, 0.1) is 5.82 Å². The first kappa shape index (κ1) is 18.0. The predicted molar refractivity (Wildman–Crippen MR) is 100 cm³/mol. The van der Waals surface area contributed by atoms with E-state index in [0.717, 1.165) is 16.5 Å². The molecule has 3 rings (SSSR count). The first-order chi connectivity index (χ1) is 12.5. The first-order valence-electron chi connectivity index (χ1n) is 8.05. The summed E-state index contributed by atoms with van der Waals surface area (Å²) in [5, 5.41) is 0.998. The molecule has 1 aromatic heterocycles. The number of esters is 1. The summed E-state index contributed by atoms with van der Waals surface area (Å²) >= 11 is 6.07. The second-order valence-corrected chi connectivity index (χ2v) is 6.02. The van der Waals surface area contributed by atoms with Crippen molar-refractivity contribution in [3.63, 3.8) is 0 Å². The van der Waals surface area contributed by atoms with Crippen LogP contribution in [-0.4, -0.2) is 17.1 Å². The van der Waals surface area contributed by atoms with Crippen molar-refractivity contribution in [2.45, 2.75) is 6.92 Å². The molecule has 1 heterocycles. The molecule has 0 unspecified atom stereocenters. The lowest BCUT2D eigenvalue weighted by Crippen LogP contribution is -1.98. The molecule has 0 amide bonds. The number of fused-ring (bicyclic) bond motifs is 1. The van der Waals surface area contributed by atoms with E-state index in [0.29, 0.717) is 18.1 Å². The number of hydrogen-bond acceptors (Lipinski definition) is 3. The highest BCUT2D eigenvalue weighted by Crippen LogP contribution is 2.36. The highest BCUT2D eigenvalue weighted by Gasteiger charge is 2.13. The maximum atomic E-state index is 13.2. The van der Waals surface area contributed by atoms with Crippen LogP contribution in [0.15, 0.2) is 48.7 Å². The molecule has 0 bridgehead atoms. The fourth-order valence-electron chi connectivity index (χ4n) is 2.68. The summed E-state index contributed by atoms with van der Waals surface area (Å²) in [5.41, 5.74) is 1.72. The molecule has 6 heteroatoms. The summed E-state index contributed by atoms with van der Waals surface area (Å²) in [4.78, 5) is 11.6. The number of nitrogens with zero attached hydrogens (tertiary/aromatic N) is 1. The van der Waals surface area contributed by atoms with E-state index in [4.69, 9.17) is 21.1 Å². The summed E-state index contributed by atoms with van der Waals surface area (Å²) < 4.78 is 26.0. The van der Waals surface area contributed by atoms with E-state index in [1.807, 2.05) is 29.9 Å². The Hall–Kier alpha value is -2.79. The number of ether oxygens (including phenoxy) is 2. The van der Waals surface area contributed by atoms with Crippen LogP contribution in [0.25, 0.3) is 17.0 Å². The molecule has 0 atom stereocenters. The van der Waals surface area contributed by atoms with Crippen molar-refractivity contribution in [2.24, 2.45) is 7.05 Å². The van der Waals surface area contributed by atoms with Crippen LogP contribution in [0.4, 0.5) is 4.39 Å². The molecule has 0 N–H and O–H groups in total. The van der Waals surface area contributed by atoms with Crippen LogP contribution in [0.1, 0.15) is 12.5 Å². The lowest BCUT2D eigenvalue weighted by Gasteiger charge is -2.10. The van der Waals surface area contributed by atoms with Gasteiger partial charge in [-0.05, 0) is 43.3 Å². The summed E-state index contributed by atoms with van der Waals surface area (Å²) in [7, 11) is 1.90. The van der Waals surface area contributed by atoms with Crippen LogP contribution in [0.3, 0.4) is 0 Å². The lowest BCUT2D eigenvalue weighted by atomic mass is 10.1. The molecular weight excluding hydrogens is 357 g/mol. The molecule has 0 spiro atoms. The number of carbonyl (C=O) groups excluding carboxylic acids is 1. The van der Waals surface area contributed by atoms with E-state index >= 15 is 0 Å². The average Bonchev–Trinajstić information content (AvgIpc) is 2.93. The summed E-state index contributed by atoms with van der Waals surface area (Å²) in [5.74, 6) is 0.0627. The van der Waals surface area contributed by atoms with E-state index < -0.39 is 11.8 Å². The number of carbonyl (C=O) groups is 1. The molecule has 0 saturated heterocycles. The molecule has 0 aliphatic carbocycles. The molecule has 0 aliphatic heterocycles. The fourth-order valence-corrected chi connectivity index (χ4v) is 2.89. The van der Waals surface area contributed by atoms with Crippen molar-refractivity contribution < 1.29 is 18.7 Å². The standard InChI is InChI=1S/C20H17ClFNO3/c1-3-25-19(24)10-7-13-12-23(2)16-5-4-6-18(20(13)16)26-17-9-8-14(22)11-15(17)21/h4-12H,3H2,1-2H3. The Morgan fingerprint density at radius 3 is 2.81 bits per heavy atom. The second kappa shape index (κ2) is 7.62. The van der Waals surface area contributed by atoms with Crippen molar-refractivity contribution in [3.05, 3.63) is 65.1 Å². The van der Waals surface area contributed by atoms with Crippen molar-refractivity contribution in [1.82, 2.24) is 4.57 Å². The Labute approximate surface area is 155 Å². The van der Waals surface area contributed by atoms with Gasteiger partial charge in [0.05, 0.1) is 17.1 Å². The summed E-state index contributed by atoms with van der Waals surface area (Å²) in [6.07, 6.45) is 4.94. The fraction of sp³-hybridized carbons (Fsp3) is 0.150. The van der Waals surface area contributed by atoms with E-state index in [1.165, 1.54) is 24.3 Å². The van der Waals surface area contributed by atoms with Gasteiger partial charge in [-0.1, -0.05) is 17.7 Å². The Bertz CT molecular complexity index is 994. The van der Waals surface area contributed by atoms with Gasteiger partial charge >= 0.3 is 5.97 Å². The third-order valence-electron chi connectivity index (χ3n) is 3.81. The number of rotatable bonds is 5. The molecule has 134 valence electrons. The zero-order chi connectivity index (χ0) is 18.7. The van der Waals surface area contributed by atoms with Crippen LogP contribution < -0.4 is 4.74 Å². The van der Waals surface area contributed by atoms with Crippen molar-refractivity contribution in [1.29, 1.82) is 0 Å². The molecule has 2 aromatic carbocycles. The quantitative estimate of drug-likeness (QED) is 0.447. The van der Waals surface area contributed by atoms with E-state index in [-0.39, 0.29) is 5.02 Å². The SMILES string of the molecule is CCOC(=O)C=Cc1cn(C)c2cccc(Oc3ccc(F)cc3Cl)c12. The predicted octanol–water partition coefficient (Wildman–Crippen LogP) is 5.34. The largest absolute Gasteiger partial charge is 0.463 e. The maximum absolute atomic E-state index is 13.2. The second-order valence-electron chi connectivity index (χ2n) is 5.61. The molecule has 26 heavy (non-hydrogen) atoms. The third kappa shape index (κ3) is 3.73. The molecule has 0 saturated carbocycles. The molecule has 3 aromatic rings. The first-order valence-corrected chi connectivity index (χ1v) is 8.43. The highest BCUT2D eigenvalue weighted by atomic mass is 35.5. The van der Waals surface area contributed by atoms with Gasteiger partial charge in [0.25, 0.3) is 0 Å². The normalized spacial score (nSPS) is 11.2. The van der Waals surface area contributed by atoms with Crippen molar-refractivity contribution >= 4 is 34.5 Å². The maximum Gasteiger partial charge on any atom is 0.330 e. The smallest absolute Gasteiger partial charge is 0.330 e. The average molecular weight is 374 g/mol. The van der Waals surface area contributed by atoms with Gasteiger partial charge in [0.2, 0.25) is 0 Å². The Morgan fingerprint density at radius 2 is 2.08 bits per heavy atom. The van der Waals surface area contributed by atoms with E-state index in [9.17, 15) is 9.18 Å². The van der Waals surface area contributed by atoms with Crippen LogP contribution in [0.5, 0.6) is 11.5 Å². The Balaban J connectivity index is 2.04. The number of aryl methyl sites for hydroxylation is 1. The minimum atomic E-state index is -0.432. The van der Waals surface area contributed by atoms with Crippen LogP contribution >= 0.6 is 11.6 Å². The van der Waals surface area contributed by atoms with E-state index in [1.54, 1.807) is 19.1 Å². The van der Waals surface area contributed by atoms with Crippen LogP contribution in [-0.2, 0) is 16.6 Å². The van der Waals surface area contributed by atoms with Crippen molar-refractivity contribution in [2.75, 3.05) is 6.61 Å². The van der Waals surface area contributed by atoms with Crippen molar-refractivity contribution in [3.8, 4) is 11.5 Å². The molecule has 0 fully saturated rings. The topological polar surface area (TPSA) is 40.5 Å². The van der Waals surface area contributed by atoms with Gasteiger partial charge in [0.15, 0.2) is 0 Å². The minimum Gasteiger partial charge on any atom is -0.463 e. The molecule has 0 aliphatic rings. The Morgan fingerprint density at radius 1 is 1.27 bits per heavy atom. The molecule has 0 radical (unpaired) electrons.